The molecule has 0 atom stereocenters. The Bertz CT molecular complexity index is 232. The van der Waals surface area contributed by atoms with Crippen molar-refractivity contribution in [3.63, 3.8) is 0 Å². The second-order valence-corrected chi connectivity index (χ2v) is 2.29. The van der Waals surface area contributed by atoms with Gasteiger partial charge in [-0.25, -0.2) is 0 Å². The van der Waals surface area contributed by atoms with Crippen LogP contribution in [0.4, 0.5) is 0 Å². The third-order valence-corrected chi connectivity index (χ3v) is 1.66. The summed E-state index contributed by atoms with van der Waals surface area (Å²) in [6, 6.07) is 0. The Morgan fingerprint density at radius 3 is 2.55 bits per heavy atom. The largest absolute Gasteiger partial charge is 0.515 e. The second-order valence-electron chi connectivity index (χ2n) is 2.29. The lowest BCUT2D eigenvalue weighted by molar-refractivity contribution is -0.124. The lowest BCUT2D eigenvalue weighted by Gasteiger charge is -2.08. The van der Waals surface area contributed by atoms with Gasteiger partial charge in [0.15, 0.2) is 5.78 Å². The van der Waals surface area contributed by atoms with Gasteiger partial charge in [-0.2, -0.15) is 0 Å². The fourth-order valence-corrected chi connectivity index (χ4v) is 1.00. The van der Waals surface area contributed by atoms with E-state index >= 15 is 0 Å². The molecule has 0 aliphatic carbocycles. The van der Waals surface area contributed by atoms with Crippen LogP contribution in [0.3, 0.4) is 0 Å². The molecule has 60 valence electrons. The molecule has 1 amide bonds. The Balaban J connectivity index is 2.88. The highest BCUT2D eigenvalue weighted by atomic mass is 16.2. The van der Waals surface area contributed by atoms with Gasteiger partial charge in [-0.15, -0.1) is 0 Å². The summed E-state index contributed by atoms with van der Waals surface area (Å²) in [5, 5.41) is 8.49. The van der Waals surface area contributed by atoms with E-state index in [0.717, 1.165) is 0 Å². The van der Waals surface area contributed by atoms with Crippen LogP contribution in [-0.4, -0.2) is 34.8 Å². The van der Waals surface area contributed by atoms with E-state index < -0.39 is 0 Å². The van der Waals surface area contributed by atoms with E-state index in [1.807, 2.05) is 0 Å². The molecule has 0 aromatic carbocycles. The Hall–Kier alpha value is -1.32. The smallest absolute Gasteiger partial charge is 0.261 e. The van der Waals surface area contributed by atoms with Crippen LogP contribution in [-0.2, 0) is 9.59 Å². The summed E-state index contributed by atoms with van der Waals surface area (Å²) in [6.07, 6.45) is 0.584. The first-order chi connectivity index (χ1) is 5.20. The SMILES string of the molecule is CCN1CC(=O)/C(=C/O)C1=O. The molecule has 0 bridgehead atoms. The Morgan fingerprint density at radius 2 is 2.27 bits per heavy atom. The number of likely N-dealkylation sites (tertiary alicyclic amines) is 1. The van der Waals surface area contributed by atoms with Crippen molar-refractivity contribution in [2.75, 3.05) is 13.1 Å². The number of rotatable bonds is 1. The number of aliphatic hydroxyl groups is 1. The minimum atomic E-state index is -0.375. The topological polar surface area (TPSA) is 57.6 Å². The van der Waals surface area contributed by atoms with Crippen molar-refractivity contribution >= 4 is 11.7 Å². The molecule has 1 aliphatic rings. The maximum Gasteiger partial charge on any atom is 0.261 e. The van der Waals surface area contributed by atoms with Gasteiger partial charge in [0.05, 0.1) is 12.8 Å². The maximum atomic E-state index is 11.1. The van der Waals surface area contributed by atoms with Crippen LogP contribution in [0.25, 0.3) is 0 Å². The third-order valence-electron chi connectivity index (χ3n) is 1.66. The number of Topliss-reactive ketones (excluding diaryl/α,β-unsaturated/α-hetero) is 1. The molecule has 0 radical (unpaired) electrons. The maximum absolute atomic E-state index is 11.1. The molecule has 4 nitrogen and oxygen atoms in total. The van der Waals surface area contributed by atoms with Crippen LogP contribution >= 0.6 is 0 Å². The first kappa shape index (κ1) is 7.78. The molecule has 1 saturated heterocycles. The highest BCUT2D eigenvalue weighted by Crippen LogP contribution is 2.11. The van der Waals surface area contributed by atoms with Crippen LogP contribution in [0.1, 0.15) is 6.92 Å². The van der Waals surface area contributed by atoms with Gasteiger partial charge in [0.25, 0.3) is 5.91 Å². The van der Waals surface area contributed by atoms with Gasteiger partial charge in [0, 0.05) is 6.54 Å². The van der Waals surface area contributed by atoms with Crippen molar-refractivity contribution in [3.8, 4) is 0 Å². The van der Waals surface area contributed by atoms with Gasteiger partial charge >= 0.3 is 0 Å². The molecule has 11 heavy (non-hydrogen) atoms. The summed E-state index contributed by atoms with van der Waals surface area (Å²) >= 11 is 0. The fraction of sp³-hybridized carbons (Fsp3) is 0.429. The molecule has 1 fully saturated rings. The predicted octanol–water partition coefficient (Wildman–Crippen LogP) is -0.140. The lowest BCUT2D eigenvalue weighted by atomic mass is 10.2. The zero-order valence-corrected chi connectivity index (χ0v) is 6.20. The monoisotopic (exact) mass is 155 g/mol. The number of carbonyl (C=O) groups is 2. The molecular weight excluding hydrogens is 146 g/mol. The molecule has 0 saturated carbocycles. The Kier molecular flexibility index (Phi) is 1.94. The highest BCUT2D eigenvalue weighted by Gasteiger charge is 2.32. The second kappa shape index (κ2) is 2.74. The summed E-state index contributed by atoms with van der Waals surface area (Å²) in [5.41, 5.74) is -0.105. The molecular formula is C7H9NO3. The first-order valence-electron chi connectivity index (χ1n) is 3.37. The summed E-state index contributed by atoms with van der Waals surface area (Å²) in [7, 11) is 0. The molecule has 0 unspecified atom stereocenters. The van der Waals surface area contributed by atoms with Crippen LogP contribution in [0.5, 0.6) is 0 Å². The van der Waals surface area contributed by atoms with Crippen molar-refractivity contribution in [3.05, 3.63) is 11.8 Å². The van der Waals surface area contributed by atoms with E-state index in [0.29, 0.717) is 12.8 Å². The standard InChI is InChI=1S/C7H9NO3/c1-2-8-3-6(10)5(4-9)7(8)11/h4,9H,2-3H2,1H3/b5-4-. The predicted molar refractivity (Wildman–Crippen MR) is 38.0 cm³/mol. The number of likely N-dealkylation sites (N-methyl/N-ethyl adjacent to an activating group) is 1. The average Bonchev–Trinajstić information content (AvgIpc) is 2.26. The number of hydrogen-bond acceptors (Lipinski definition) is 3. The number of amides is 1. The van der Waals surface area contributed by atoms with Crippen molar-refractivity contribution in [2.24, 2.45) is 0 Å². The summed E-state index contributed by atoms with van der Waals surface area (Å²) in [6.45, 7) is 2.38. The molecule has 4 heteroatoms. The molecule has 1 aliphatic heterocycles. The molecule has 1 heterocycles. The minimum Gasteiger partial charge on any atom is -0.515 e. The van der Waals surface area contributed by atoms with Crippen molar-refractivity contribution in [2.45, 2.75) is 6.92 Å². The molecule has 0 aromatic rings. The lowest BCUT2D eigenvalue weighted by Crippen LogP contribution is -2.24. The van der Waals surface area contributed by atoms with Crippen LogP contribution in [0.15, 0.2) is 11.8 Å². The molecule has 1 N–H and O–H groups in total. The number of nitrogens with zero attached hydrogens (tertiary/aromatic N) is 1. The van der Waals surface area contributed by atoms with E-state index in [9.17, 15) is 9.59 Å². The molecule has 1 rings (SSSR count). The summed E-state index contributed by atoms with van der Waals surface area (Å²) in [4.78, 5) is 23.3. The molecule has 0 spiro atoms. The van der Waals surface area contributed by atoms with E-state index in [-0.39, 0.29) is 23.8 Å². The Morgan fingerprint density at radius 1 is 1.64 bits per heavy atom. The van der Waals surface area contributed by atoms with Gasteiger partial charge < -0.3 is 10.0 Å². The highest BCUT2D eigenvalue weighted by molar-refractivity contribution is 6.24. The van der Waals surface area contributed by atoms with Gasteiger partial charge in [0.1, 0.15) is 5.57 Å². The van der Waals surface area contributed by atoms with Crippen molar-refractivity contribution < 1.29 is 14.7 Å². The molecule has 0 aromatic heterocycles. The van der Waals surface area contributed by atoms with Crippen LogP contribution < -0.4 is 0 Å². The number of carbonyl (C=O) groups excluding carboxylic acids is 2. The van der Waals surface area contributed by atoms with Gasteiger partial charge in [-0.05, 0) is 6.92 Å². The summed E-state index contributed by atoms with van der Waals surface area (Å²) in [5.74, 6) is -0.681. The number of ketones is 1. The van der Waals surface area contributed by atoms with E-state index in [1.54, 1.807) is 6.92 Å². The Labute approximate surface area is 64.1 Å². The fourth-order valence-electron chi connectivity index (χ4n) is 1.00. The van der Waals surface area contributed by atoms with Gasteiger partial charge in [0.2, 0.25) is 0 Å². The average molecular weight is 155 g/mol. The van der Waals surface area contributed by atoms with Crippen LogP contribution in [0, 0.1) is 0 Å². The van der Waals surface area contributed by atoms with Gasteiger partial charge in [-0.3, -0.25) is 9.59 Å². The number of hydrogen-bond donors (Lipinski definition) is 1. The summed E-state index contributed by atoms with van der Waals surface area (Å²) < 4.78 is 0. The minimum absolute atomic E-state index is 0.0989. The zero-order valence-electron chi connectivity index (χ0n) is 6.20. The van der Waals surface area contributed by atoms with Gasteiger partial charge in [-0.1, -0.05) is 0 Å². The normalized spacial score (nSPS) is 21.9. The zero-order chi connectivity index (χ0) is 8.43. The first-order valence-corrected chi connectivity index (χ1v) is 3.37. The quantitative estimate of drug-likeness (QED) is 0.325. The van der Waals surface area contributed by atoms with E-state index in [1.165, 1.54) is 4.90 Å². The van der Waals surface area contributed by atoms with E-state index in [4.69, 9.17) is 5.11 Å². The third kappa shape index (κ3) is 1.11. The number of aliphatic hydroxyl groups excluding tert-OH is 1. The van der Waals surface area contributed by atoms with Crippen LogP contribution in [0.2, 0.25) is 0 Å². The van der Waals surface area contributed by atoms with E-state index in [2.05, 4.69) is 0 Å². The van der Waals surface area contributed by atoms with Crippen molar-refractivity contribution in [1.82, 2.24) is 4.90 Å². The van der Waals surface area contributed by atoms with Crippen molar-refractivity contribution in [1.29, 1.82) is 0 Å².